The van der Waals surface area contributed by atoms with E-state index in [4.69, 9.17) is 28.9 Å². The van der Waals surface area contributed by atoms with Crippen molar-refractivity contribution >= 4 is 16.7 Å². The second-order valence-corrected chi connectivity index (χ2v) is 9.56. The number of nitrogens with zero attached hydrogens (tertiary/aromatic N) is 4. The molecule has 3 aliphatic rings. The summed E-state index contributed by atoms with van der Waals surface area (Å²) >= 11 is 0. The normalized spacial score (nSPS) is 18.4. The Morgan fingerprint density at radius 1 is 0.886 bits per heavy atom. The summed E-state index contributed by atoms with van der Waals surface area (Å²) in [5, 5.41) is 1.02. The number of hydrogen-bond acceptors (Lipinski definition) is 8. The van der Waals surface area contributed by atoms with Gasteiger partial charge >= 0.3 is 0 Å². The summed E-state index contributed by atoms with van der Waals surface area (Å²) < 4.78 is 22.2. The molecule has 2 aliphatic heterocycles. The first-order chi connectivity index (χ1) is 17.2. The molecule has 3 aromatic rings. The fourth-order valence-corrected chi connectivity index (χ4v) is 5.48. The van der Waals surface area contributed by atoms with Gasteiger partial charge < -0.3 is 23.8 Å². The van der Waals surface area contributed by atoms with Gasteiger partial charge in [0.05, 0.1) is 19.7 Å². The van der Waals surface area contributed by atoms with E-state index in [1.54, 1.807) is 14.2 Å². The molecule has 0 spiro atoms. The average molecular weight is 477 g/mol. The number of benzene rings is 2. The van der Waals surface area contributed by atoms with Gasteiger partial charge in [-0.05, 0) is 36.6 Å². The number of anilines is 1. The molecule has 1 saturated carbocycles. The smallest absolute Gasteiger partial charge is 0.231 e. The summed E-state index contributed by atoms with van der Waals surface area (Å²) in [5.74, 6) is 5.52. The molecule has 0 unspecified atom stereocenters. The van der Waals surface area contributed by atoms with Crippen molar-refractivity contribution in [1.82, 2.24) is 14.9 Å². The molecule has 2 aromatic carbocycles. The van der Waals surface area contributed by atoms with Crippen LogP contribution in [0, 0.1) is 0 Å². The number of piperazine rings is 1. The molecule has 1 saturated heterocycles. The van der Waals surface area contributed by atoms with Gasteiger partial charge in [0, 0.05) is 50.1 Å². The third-order valence-electron chi connectivity index (χ3n) is 7.43. The van der Waals surface area contributed by atoms with Gasteiger partial charge in [-0.3, -0.25) is 4.90 Å². The van der Waals surface area contributed by atoms with Gasteiger partial charge in [-0.25, -0.2) is 9.97 Å². The first-order valence-electron chi connectivity index (χ1n) is 12.5. The summed E-state index contributed by atoms with van der Waals surface area (Å²) in [6.07, 6.45) is 4.85. The number of ether oxygens (including phenoxy) is 4. The van der Waals surface area contributed by atoms with Crippen LogP contribution in [0.25, 0.3) is 10.9 Å². The maximum absolute atomic E-state index is 5.61. The van der Waals surface area contributed by atoms with Gasteiger partial charge in [0.15, 0.2) is 23.0 Å². The molecule has 0 N–H and O–H groups in total. The number of methoxy groups -OCH3 is 2. The number of rotatable bonds is 6. The third-order valence-corrected chi connectivity index (χ3v) is 7.43. The molecule has 0 atom stereocenters. The Morgan fingerprint density at radius 3 is 2.40 bits per heavy atom. The Labute approximate surface area is 205 Å². The third kappa shape index (κ3) is 4.31. The molecule has 0 amide bonds. The number of aromatic nitrogens is 2. The predicted octanol–water partition coefficient (Wildman–Crippen LogP) is 4.36. The summed E-state index contributed by atoms with van der Waals surface area (Å²) in [4.78, 5) is 15.0. The van der Waals surface area contributed by atoms with Gasteiger partial charge in [-0.2, -0.15) is 0 Å². The van der Waals surface area contributed by atoms with Crippen LogP contribution in [-0.4, -0.2) is 62.1 Å². The predicted molar refractivity (Wildman–Crippen MR) is 134 cm³/mol. The lowest BCUT2D eigenvalue weighted by Crippen LogP contribution is -2.46. The quantitative estimate of drug-likeness (QED) is 0.520. The molecule has 6 rings (SSSR count). The van der Waals surface area contributed by atoms with E-state index >= 15 is 0 Å². The molecule has 35 heavy (non-hydrogen) atoms. The first-order valence-corrected chi connectivity index (χ1v) is 12.5. The largest absolute Gasteiger partial charge is 0.493 e. The lowest BCUT2D eigenvalue weighted by molar-refractivity contribution is 0.174. The fourth-order valence-electron chi connectivity index (χ4n) is 5.48. The first kappa shape index (κ1) is 22.2. The van der Waals surface area contributed by atoms with Gasteiger partial charge in [-0.15, -0.1) is 0 Å². The Balaban J connectivity index is 1.25. The van der Waals surface area contributed by atoms with Crippen molar-refractivity contribution in [2.45, 2.75) is 38.1 Å². The van der Waals surface area contributed by atoms with Crippen molar-refractivity contribution in [3.63, 3.8) is 0 Å². The lowest BCUT2D eigenvalue weighted by Gasteiger charge is -2.36. The zero-order valence-corrected chi connectivity index (χ0v) is 20.5. The van der Waals surface area contributed by atoms with E-state index in [0.29, 0.717) is 24.2 Å². The van der Waals surface area contributed by atoms with E-state index < -0.39 is 0 Å². The van der Waals surface area contributed by atoms with Crippen LogP contribution >= 0.6 is 0 Å². The second-order valence-electron chi connectivity index (χ2n) is 9.56. The Bertz CT molecular complexity index is 1220. The van der Waals surface area contributed by atoms with Crippen LogP contribution in [0.5, 0.6) is 23.0 Å². The molecule has 8 heteroatoms. The second kappa shape index (κ2) is 9.41. The van der Waals surface area contributed by atoms with E-state index in [0.717, 1.165) is 66.8 Å². The van der Waals surface area contributed by atoms with E-state index in [2.05, 4.69) is 21.9 Å². The van der Waals surface area contributed by atoms with Gasteiger partial charge in [0.25, 0.3) is 0 Å². The summed E-state index contributed by atoms with van der Waals surface area (Å²) in [7, 11) is 3.34. The minimum Gasteiger partial charge on any atom is -0.493 e. The fraction of sp³-hybridized carbons (Fsp3) is 0.481. The zero-order chi connectivity index (χ0) is 23.8. The highest BCUT2D eigenvalue weighted by Crippen LogP contribution is 2.39. The topological polar surface area (TPSA) is 69.2 Å². The van der Waals surface area contributed by atoms with Crippen LogP contribution in [0.3, 0.4) is 0 Å². The summed E-state index contributed by atoms with van der Waals surface area (Å²) in [6.45, 7) is 4.96. The highest BCUT2D eigenvalue weighted by molar-refractivity contribution is 5.92. The van der Waals surface area contributed by atoms with Crippen molar-refractivity contribution in [3.8, 4) is 23.0 Å². The minimum atomic E-state index is 0.309. The summed E-state index contributed by atoms with van der Waals surface area (Å²) in [6, 6.07) is 10.3. The molecule has 8 nitrogen and oxygen atoms in total. The van der Waals surface area contributed by atoms with Gasteiger partial charge in [-0.1, -0.05) is 18.9 Å². The SMILES string of the molecule is COc1cc2nc(C3CCCC3)nc(N3CCN(Cc4ccc5c(c4)OCO5)CC3)c2cc1OC. The highest BCUT2D eigenvalue weighted by Gasteiger charge is 2.26. The molecule has 0 radical (unpaired) electrons. The van der Waals surface area contributed by atoms with Crippen LogP contribution in [0.15, 0.2) is 30.3 Å². The molecule has 1 aromatic heterocycles. The van der Waals surface area contributed by atoms with Crippen LogP contribution in [0.1, 0.15) is 43.0 Å². The van der Waals surface area contributed by atoms with Crippen LogP contribution in [-0.2, 0) is 6.54 Å². The Morgan fingerprint density at radius 2 is 1.63 bits per heavy atom. The Hall–Kier alpha value is -3.26. The molecule has 1 aliphatic carbocycles. The van der Waals surface area contributed by atoms with Crippen molar-refractivity contribution in [1.29, 1.82) is 0 Å². The minimum absolute atomic E-state index is 0.309. The van der Waals surface area contributed by atoms with Gasteiger partial charge in [0.1, 0.15) is 11.6 Å². The van der Waals surface area contributed by atoms with Crippen LogP contribution < -0.4 is 23.8 Å². The lowest BCUT2D eigenvalue weighted by atomic mass is 10.1. The number of fused-ring (bicyclic) bond motifs is 2. The highest BCUT2D eigenvalue weighted by atomic mass is 16.7. The van der Waals surface area contributed by atoms with E-state index in [1.807, 2.05) is 18.2 Å². The van der Waals surface area contributed by atoms with Crippen molar-refractivity contribution in [2.24, 2.45) is 0 Å². The maximum Gasteiger partial charge on any atom is 0.231 e. The molecule has 3 heterocycles. The van der Waals surface area contributed by atoms with E-state index in [9.17, 15) is 0 Å². The zero-order valence-electron chi connectivity index (χ0n) is 20.5. The molecular formula is C27H32N4O4. The standard InChI is InChI=1S/C27H32N4O4/c1-32-23-14-20-21(15-24(23)33-2)28-26(19-5-3-4-6-19)29-27(20)31-11-9-30(10-12-31)16-18-7-8-22-25(13-18)35-17-34-22/h7-8,13-15,19H,3-6,9-12,16-17H2,1-2H3. The molecule has 184 valence electrons. The summed E-state index contributed by atoms with van der Waals surface area (Å²) in [5.41, 5.74) is 2.17. The van der Waals surface area contributed by atoms with E-state index in [1.165, 1.54) is 31.2 Å². The van der Waals surface area contributed by atoms with Crippen molar-refractivity contribution < 1.29 is 18.9 Å². The molecule has 0 bridgehead atoms. The molecular weight excluding hydrogens is 444 g/mol. The van der Waals surface area contributed by atoms with Crippen molar-refractivity contribution in [2.75, 3.05) is 52.1 Å². The van der Waals surface area contributed by atoms with E-state index in [-0.39, 0.29) is 0 Å². The maximum atomic E-state index is 5.61. The average Bonchev–Trinajstić information content (AvgIpc) is 3.60. The Kier molecular flexibility index (Phi) is 5.98. The van der Waals surface area contributed by atoms with Crippen LogP contribution in [0.4, 0.5) is 5.82 Å². The van der Waals surface area contributed by atoms with Crippen molar-refractivity contribution in [3.05, 3.63) is 41.7 Å². The van der Waals surface area contributed by atoms with Gasteiger partial charge in [0.2, 0.25) is 6.79 Å². The number of hydrogen-bond donors (Lipinski definition) is 0. The molecule has 2 fully saturated rings. The monoisotopic (exact) mass is 476 g/mol. The van der Waals surface area contributed by atoms with Crippen LogP contribution in [0.2, 0.25) is 0 Å².